The Morgan fingerprint density at radius 1 is 1.13 bits per heavy atom. The van der Waals surface area contributed by atoms with Crippen molar-refractivity contribution in [3.05, 3.63) is 24.3 Å². The lowest BCUT2D eigenvalue weighted by Crippen LogP contribution is -2.51. The molecule has 2 fully saturated rings. The van der Waals surface area contributed by atoms with E-state index in [2.05, 4.69) is 22.3 Å². The molecule has 2 saturated heterocycles. The number of hydrogen-bond donors (Lipinski definition) is 1. The predicted octanol–water partition coefficient (Wildman–Crippen LogP) is 2.76. The highest BCUT2D eigenvalue weighted by molar-refractivity contribution is 6.01. The van der Waals surface area contributed by atoms with Crippen LogP contribution in [0.2, 0.25) is 0 Å². The molecule has 2 aliphatic heterocycles. The monoisotopic (exact) mass is 430 g/mol. The zero-order valence-corrected chi connectivity index (χ0v) is 19.2. The Kier molecular flexibility index (Phi) is 6.77. The quantitative estimate of drug-likeness (QED) is 0.740. The molecule has 170 valence electrons. The summed E-state index contributed by atoms with van der Waals surface area (Å²) < 4.78 is 5.49. The van der Waals surface area contributed by atoms with Crippen LogP contribution in [0.25, 0.3) is 0 Å². The van der Waals surface area contributed by atoms with E-state index >= 15 is 0 Å². The second-order valence-electron chi connectivity index (χ2n) is 9.41. The van der Waals surface area contributed by atoms with E-state index < -0.39 is 5.60 Å². The lowest BCUT2D eigenvalue weighted by molar-refractivity contribution is -0.134. The van der Waals surface area contributed by atoms with Crippen LogP contribution < -0.4 is 15.1 Å². The number of amides is 3. The maximum Gasteiger partial charge on any atom is 0.410 e. The zero-order chi connectivity index (χ0) is 22.8. The zero-order valence-electron chi connectivity index (χ0n) is 19.2. The molecule has 8 nitrogen and oxygen atoms in total. The number of anilines is 2. The number of imide groups is 1. The molecule has 0 spiro atoms. The third-order valence-electron chi connectivity index (χ3n) is 5.97. The maximum atomic E-state index is 12.4. The molecule has 0 bridgehead atoms. The van der Waals surface area contributed by atoms with Crippen LogP contribution in [-0.4, -0.2) is 67.7 Å². The van der Waals surface area contributed by atoms with Crippen LogP contribution in [-0.2, 0) is 14.3 Å². The molecule has 0 aromatic heterocycles. The molecule has 3 amide bonds. The summed E-state index contributed by atoms with van der Waals surface area (Å²) in [4.78, 5) is 42.0. The first-order chi connectivity index (χ1) is 14.5. The van der Waals surface area contributed by atoms with E-state index in [0.29, 0.717) is 12.8 Å². The average molecular weight is 431 g/mol. The van der Waals surface area contributed by atoms with Gasteiger partial charge in [0.15, 0.2) is 0 Å². The molecule has 2 aliphatic rings. The molecule has 1 N–H and O–H groups in total. The van der Waals surface area contributed by atoms with Gasteiger partial charge in [-0.2, -0.15) is 0 Å². The predicted molar refractivity (Wildman–Crippen MR) is 120 cm³/mol. The number of nitrogens with one attached hydrogen (secondary N) is 1. The topological polar surface area (TPSA) is 82.2 Å². The van der Waals surface area contributed by atoms with Crippen LogP contribution in [0.1, 0.15) is 46.5 Å². The van der Waals surface area contributed by atoms with Crippen LogP contribution in [0.5, 0.6) is 0 Å². The fourth-order valence-electron chi connectivity index (χ4n) is 4.14. The molecule has 0 unspecified atom stereocenters. The van der Waals surface area contributed by atoms with E-state index in [1.54, 1.807) is 4.90 Å². The summed E-state index contributed by atoms with van der Waals surface area (Å²) in [6.07, 6.45) is 2.33. The minimum atomic E-state index is -0.499. The van der Waals surface area contributed by atoms with Crippen molar-refractivity contribution in [1.82, 2.24) is 10.2 Å². The molecule has 8 heteroatoms. The second-order valence-corrected chi connectivity index (χ2v) is 9.41. The summed E-state index contributed by atoms with van der Waals surface area (Å²) in [6.45, 7) is 7.30. The lowest BCUT2D eigenvalue weighted by Gasteiger charge is -2.38. The average Bonchev–Trinajstić information content (AvgIpc) is 2.72. The summed E-state index contributed by atoms with van der Waals surface area (Å²) in [5, 5.41) is 2.42. The molecule has 1 aromatic rings. The van der Waals surface area contributed by atoms with Crippen LogP contribution in [0.4, 0.5) is 16.2 Å². The molecule has 1 atom stereocenters. The van der Waals surface area contributed by atoms with E-state index in [1.807, 2.05) is 51.9 Å². The Labute approximate surface area is 184 Å². The van der Waals surface area contributed by atoms with Gasteiger partial charge in [-0.3, -0.25) is 14.9 Å². The summed E-state index contributed by atoms with van der Waals surface area (Å²) in [5.41, 5.74) is 1.54. The highest BCUT2D eigenvalue weighted by Crippen LogP contribution is 2.28. The molecule has 0 saturated carbocycles. The van der Waals surface area contributed by atoms with Gasteiger partial charge < -0.3 is 19.4 Å². The van der Waals surface area contributed by atoms with Gasteiger partial charge in [0.05, 0.1) is 0 Å². The van der Waals surface area contributed by atoms with Crippen molar-refractivity contribution in [2.75, 3.05) is 37.0 Å². The normalized spacial score (nSPS) is 20.3. The van der Waals surface area contributed by atoms with Crippen molar-refractivity contribution in [2.45, 2.75) is 64.1 Å². The van der Waals surface area contributed by atoms with Crippen LogP contribution in [0, 0.1) is 0 Å². The number of piperidine rings is 2. The number of hydrogen-bond acceptors (Lipinski definition) is 6. The molecular formula is C23H34N4O4. The maximum absolute atomic E-state index is 12.4. The van der Waals surface area contributed by atoms with Crippen molar-refractivity contribution in [3.8, 4) is 0 Å². The lowest BCUT2D eigenvalue weighted by atomic mass is 10.0. The fourth-order valence-corrected chi connectivity index (χ4v) is 4.14. The van der Waals surface area contributed by atoms with Crippen molar-refractivity contribution in [1.29, 1.82) is 0 Å². The van der Waals surface area contributed by atoms with Crippen molar-refractivity contribution in [3.63, 3.8) is 0 Å². The molecule has 31 heavy (non-hydrogen) atoms. The Balaban J connectivity index is 1.61. The van der Waals surface area contributed by atoms with Gasteiger partial charge in [0.1, 0.15) is 11.6 Å². The summed E-state index contributed by atoms with van der Waals surface area (Å²) in [7, 11) is 3.70. The Morgan fingerprint density at radius 3 is 2.42 bits per heavy atom. The van der Waals surface area contributed by atoms with Crippen LogP contribution >= 0.6 is 0 Å². The smallest absolute Gasteiger partial charge is 0.410 e. The van der Waals surface area contributed by atoms with Gasteiger partial charge in [0, 0.05) is 51.0 Å². The SMILES string of the molecule is CN(C(=O)OC(C)(C)C)C1CCN(c2cccc(N(C)[C@H]3CCC(=O)NC3=O)c2)CC1. The summed E-state index contributed by atoms with van der Waals surface area (Å²) in [5.74, 6) is -0.447. The van der Waals surface area contributed by atoms with E-state index in [0.717, 1.165) is 37.3 Å². The highest BCUT2D eigenvalue weighted by Gasteiger charge is 2.31. The Morgan fingerprint density at radius 2 is 1.81 bits per heavy atom. The van der Waals surface area contributed by atoms with Crippen LogP contribution in [0.15, 0.2) is 24.3 Å². The van der Waals surface area contributed by atoms with E-state index in [-0.39, 0.29) is 30.0 Å². The Hall–Kier alpha value is -2.77. The van der Waals surface area contributed by atoms with E-state index in [4.69, 9.17) is 4.74 Å². The first-order valence-corrected chi connectivity index (χ1v) is 10.9. The molecule has 0 radical (unpaired) electrons. The van der Waals surface area contributed by atoms with Crippen LogP contribution in [0.3, 0.4) is 0 Å². The number of benzene rings is 1. The number of carbonyl (C=O) groups is 3. The van der Waals surface area contributed by atoms with Gasteiger partial charge in [-0.05, 0) is 58.2 Å². The highest BCUT2D eigenvalue weighted by atomic mass is 16.6. The van der Waals surface area contributed by atoms with E-state index in [9.17, 15) is 14.4 Å². The van der Waals surface area contributed by atoms with Gasteiger partial charge in [-0.1, -0.05) is 6.07 Å². The van der Waals surface area contributed by atoms with Gasteiger partial charge >= 0.3 is 6.09 Å². The number of ether oxygens (including phenoxy) is 1. The first-order valence-electron chi connectivity index (χ1n) is 10.9. The molecule has 2 heterocycles. The summed E-state index contributed by atoms with van der Waals surface area (Å²) >= 11 is 0. The molecule has 1 aromatic carbocycles. The molecule has 0 aliphatic carbocycles. The van der Waals surface area contributed by atoms with Gasteiger partial charge in [0.25, 0.3) is 0 Å². The number of nitrogens with zero attached hydrogens (tertiary/aromatic N) is 3. The molecular weight excluding hydrogens is 396 g/mol. The van der Waals surface area contributed by atoms with Gasteiger partial charge in [-0.15, -0.1) is 0 Å². The number of likely N-dealkylation sites (N-methyl/N-ethyl adjacent to an activating group) is 1. The number of carbonyl (C=O) groups excluding carboxylic acids is 3. The van der Waals surface area contributed by atoms with E-state index in [1.165, 1.54) is 0 Å². The minimum absolute atomic E-state index is 0.153. The number of rotatable bonds is 4. The minimum Gasteiger partial charge on any atom is -0.444 e. The van der Waals surface area contributed by atoms with Crippen molar-refractivity contribution in [2.24, 2.45) is 0 Å². The first kappa shape index (κ1) is 22.9. The van der Waals surface area contributed by atoms with Gasteiger partial charge in [-0.25, -0.2) is 4.79 Å². The molecule has 3 rings (SSSR count). The van der Waals surface area contributed by atoms with Crippen molar-refractivity contribution >= 4 is 29.3 Å². The summed E-state index contributed by atoms with van der Waals surface area (Å²) in [6, 6.07) is 7.94. The Bertz CT molecular complexity index is 827. The van der Waals surface area contributed by atoms with Gasteiger partial charge in [0.2, 0.25) is 11.8 Å². The largest absolute Gasteiger partial charge is 0.444 e. The fraction of sp³-hybridized carbons (Fsp3) is 0.609. The second kappa shape index (κ2) is 9.16. The third kappa shape index (κ3) is 5.68. The van der Waals surface area contributed by atoms with Crippen molar-refractivity contribution < 1.29 is 19.1 Å². The third-order valence-corrected chi connectivity index (χ3v) is 5.97. The standard InChI is InChI=1S/C23H34N4O4/c1-23(2,3)31-22(30)26(5)16-11-13-27(14-12-16)18-8-6-7-17(15-18)25(4)19-9-10-20(28)24-21(19)29/h6-8,15-16,19H,9-14H2,1-5H3,(H,24,28,29)/t19-/m0/s1.